The first kappa shape index (κ1) is 18.4. The number of hydrogen-bond donors (Lipinski definition) is 1. The second kappa shape index (κ2) is 6.71. The minimum Gasteiger partial charge on any atom is -0.506 e. The van der Waals surface area contributed by atoms with Crippen molar-refractivity contribution in [2.45, 2.75) is 18.4 Å². The lowest BCUT2D eigenvalue weighted by Gasteiger charge is -2.45. The lowest BCUT2D eigenvalue weighted by Crippen LogP contribution is -2.50. The van der Waals surface area contributed by atoms with Crippen molar-refractivity contribution in [3.8, 4) is 17.2 Å². The van der Waals surface area contributed by atoms with Crippen molar-refractivity contribution in [3.05, 3.63) is 76.0 Å². The van der Waals surface area contributed by atoms with Crippen LogP contribution in [-0.2, 0) is 5.60 Å². The normalized spacial score (nSPS) is 16.8. The van der Waals surface area contributed by atoms with Crippen LogP contribution in [0.3, 0.4) is 0 Å². The Kier molecular flexibility index (Phi) is 4.26. The van der Waals surface area contributed by atoms with Gasteiger partial charge in [0.1, 0.15) is 11.5 Å². The molecule has 2 aromatic carbocycles. The fraction of sp³-hybridized carbons (Fsp3) is 0.227. The topological polar surface area (TPSA) is 54.7 Å². The van der Waals surface area contributed by atoms with Gasteiger partial charge in [-0.1, -0.05) is 29.3 Å². The Bertz CT molecular complexity index is 1120. The highest BCUT2D eigenvalue weighted by Crippen LogP contribution is 2.46. The molecular weight excluding hydrogens is 411 g/mol. The summed E-state index contributed by atoms with van der Waals surface area (Å²) in [6.07, 6.45) is 3.29. The maximum Gasteiger partial charge on any atom is 0.257 e. The number of hydrogen-bond acceptors (Lipinski definition) is 3. The first-order valence-corrected chi connectivity index (χ1v) is 10.2. The zero-order valence-electron chi connectivity index (χ0n) is 15.4. The van der Waals surface area contributed by atoms with Crippen molar-refractivity contribution in [2.24, 2.45) is 0 Å². The number of fused-ring (bicyclic) bond motifs is 4. The van der Waals surface area contributed by atoms with Gasteiger partial charge < -0.3 is 19.3 Å². The second-order valence-electron chi connectivity index (χ2n) is 7.40. The Morgan fingerprint density at radius 1 is 1.07 bits per heavy atom. The van der Waals surface area contributed by atoms with E-state index in [1.165, 1.54) is 0 Å². The van der Waals surface area contributed by atoms with Crippen molar-refractivity contribution in [1.29, 1.82) is 0 Å². The molecule has 2 aliphatic heterocycles. The van der Waals surface area contributed by atoms with Crippen LogP contribution in [-0.4, -0.2) is 33.6 Å². The zero-order chi connectivity index (χ0) is 20.2. The molecule has 0 bridgehead atoms. The summed E-state index contributed by atoms with van der Waals surface area (Å²) in [5, 5.41) is 11.0. The molecule has 0 radical (unpaired) electrons. The van der Waals surface area contributed by atoms with Crippen LogP contribution in [0.25, 0.3) is 5.69 Å². The van der Waals surface area contributed by atoms with Crippen LogP contribution < -0.4 is 4.74 Å². The molecule has 29 heavy (non-hydrogen) atoms. The summed E-state index contributed by atoms with van der Waals surface area (Å²) < 4.78 is 8.62. The maximum atomic E-state index is 12.9. The number of carbonyl (C=O) groups is 1. The maximum absolute atomic E-state index is 12.9. The number of benzene rings is 2. The first-order valence-electron chi connectivity index (χ1n) is 9.42. The van der Waals surface area contributed by atoms with Gasteiger partial charge >= 0.3 is 0 Å². The fourth-order valence-corrected chi connectivity index (χ4v) is 4.62. The molecule has 0 aliphatic carbocycles. The first-order chi connectivity index (χ1) is 14.0. The Hall–Kier alpha value is -2.63. The summed E-state index contributed by atoms with van der Waals surface area (Å²) in [4.78, 5) is 14.7. The molecule has 1 aromatic heterocycles. The number of rotatable bonds is 1. The highest BCUT2D eigenvalue weighted by atomic mass is 35.5. The summed E-state index contributed by atoms with van der Waals surface area (Å²) in [6, 6.07) is 14.5. The number of phenolic OH excluding ortho intramolecular Hbond substituents is 1. The third-order valence-electron chi connectivity index (χ3n) is 5.78. The summed E-state index contributed by atoms with van der Waals surface area (Å²) in [5.41, 5.74) is 1.74. The smallest absolute Gasteiger partial charge is 0.257 e. The molecule has 5 rings (SSSR count). The van der Waals surface area contributed by atoms with Crippen molar-refractivity contribution < 1.29 is 14.6 Å². The number of carbonyl (C=O) groups excluding carboxylic acids is 1. The van der Waals surface area contributed by atoms with Crippen LogP contribution in [0, 0.1) is 0 Å². The monoisotopic (exact) mass is 428 g/mol. The van der Waals surface area contributed by atoms with Crippen LogP contribution in [0.5, 0.6) is 11.5 Å². The summed E-state index contributed by atoms with van der Waals surface area (Å²) in [7, 11) is 0. The number of piperidine rings is 1. The average Bonchev–Trinajstić information content (AvgIpc) is 3.21. The average molecular weight is 429 g/mol. The van der Waals surface area contributed by atoms with E-state index in [1.54, 1.807) is 23.1 Å². The molecule has 1 N–H and O–H groups in total. The fourth-order valence-electron chi connectivity index (χ4n) is 4.28. The quantitative estimate of drug-likeness (QED) is 0.592. The molecule has 1 amide bonds. The van der Waals surface area contributed by atoms with Gasteiger partial charge in [-0.2, -0.15) is 0 Å². The lowest BCUT2D eigenvalue weighted by atomic mass is 9.86. The predicted molar refractivity (Wildman–Crippen MR) is 111 cm³/mol. The van der Waals surface area contributed by atoms with Crippen LogP contribution in [0.1, 0.15) is 28.9 Å². The molecule has 1 fully saturated rings. The largest absolute Gasteiger partial charge is 0.506 e. The molecular formula is C22H18Cl2N2O3. The van der Waals surface area contributed by atoms with Gasteiger partial charge in [0, 0.05) is 43.2 Å². The van der Waals surface area contributed by atoms with Crippen LogP contribution in [0.15, 0.2) is 54.7 Å². The number of ether oxygens (including phenoxy) is 1. The Labute approximate surface area is 178 Å². The standard InChI is InChI=1S/C22H18Cl2N2O3/c23-14-6-7-17-18(13-14)29-22(19-5-2-10-26(17)19)8-11-25(12-9-22)21(28)15-3-1-4-16(24)20(15)27/h1-7,10,13,27H,8-9,11-12H2. The Balaban J connectivity index is 1.43. The van der Waals surface area contributed by atoms with E-state index >= 15 is 0 Å². The number of amides is 1. The predicted octanol–water partition coefficient (Wildman–Crippen LogP) is 5.01. The summed E-state index contributed by atoms with van der Waals surface area (Å²) >= 11 is 12.2. The summed E-state index contributed by atoms with van der Waals surface area (Å²) in [6.45, 7) is 1.01. The third kappa shape index (κ3) is 2.88. The SMILES string of the molecule is O=C(c1cccc(Cl)c1O)N1CCC2(CC1)Oc1cc(Cl)ccc1-n1cccc12. The van der Waals surface area contributed by atoms with Crippen LogP contribution >= 0.6 is 23.2 Å². The molecule has 0 unspecified atom stereocenters. The van der Waals surface area contributed by atoms with Gasteiger partial charge in [-0.15, -0.1) is 0 Å². The van der Waals surface area contributed by atoms with Gasteiger partial charge in [-0.3, -0.25) is 4.79 Å². The molecule has 3 heterocycles. The molecule has 3 aromatic rings. The van der Waals surface area contributed by atoms with Crippen LogP contribution in [0.2, 0.25) is 10.0 Å². The number of aromatic nitrogens is 1. The van der Waals surface area contributed by atoms with Gasteiger partial charge in [0.2, 0.25) is 0 Å². The number of nitrogens with zero attached hydrogens (tertiary/aromatic N) is 2. The van der Waals surface area contributed by atoms with Crippen molar-refractivity contribution in [3.63, 3.8) is 0 Å². The van der Waals surface area contributed by atoms with Crippen molar-refractivity contribution in [2.75, 3.05) is 13.1 Å². The van der Waals surface area contributed by atoms with Crippen LogP contribution in [0.4, 0.5) is 0 Å². The van der Waals surface area contributed by atoms with E-state index < -0.39 is 5.60 Å². The molecule has 148 valence electrons. The lowest BCUT2D eigenvalue weighted by molar-refractivity contribution is -0.00935. The van der Waals surface area contributed by atoms with Gasteiger partial charge in [0.05, 0.1) is 22.0 Å². The van der Waals surface area contributed by atoms with Crippen molar-refractivity contribution >= 4 is 29.1 Å². The van der Waals surface area contributed by atoms with E-state index in [9.17, 15) is 9.90 Å². The Morgan fingerprint density at radius 3 is 2.66 bits per heavy atom. The molecule has 0 atom stereocenters. The van der Waals surface area contributed by atoms with E-state index in [-0.39, 0.29) is 22.2 Å². The molecule has 1 saturated heterocycles. The molecule has 7 heteroatoms. The van der Waals surface area contributed by atoms with Gasteiger partial charge in [-0.05, 0) is 36.4 Å². The van der Waals surface area contributed by atoms with E-state index in [0.29, 0.717) is 31.0 Å². The highest BCUT2D eigenvalue weighted by molar-refractivity contribution is 6.32. The summed E-state index contributed by atoms with van der Waals surface area (Å²) in [5.74, 6) is 0.341. The number of aromatic hydroxyl groups is 1. The molecule has 0 saturated carbocycles. The minimum atomic E-state index is -0.520. The molecule has 5 nitrogen and oxygen atoms in total. The van der Waals surface area contributed by atoms with E-state index in [4.69, 9.17) is 27.9 Å². The van der Waals surface area contributed by atoms with Gasteiger partial charge in [0.25, 0.3) is 5.91 Å². The number of phenols is 1. The third-order valence-corrected chi connectivity index (χ3v) is 6.32. The molecule has 2 aliphatic rings. The van der Waals surface area contributed by atoms with Crippen molar-refractivity contribution in [1.82, 2.24) is 9.47 Å². The van der Waals surface area contributed by atoms with E-state index in [0.717, 1.165) is 17.1 Å². The second-order valence-corrected chi connectivity index (χ2v) is 8.24. The molecule has 1 spiro atoms. The van der Waals surface area contributed by atoms with E-state index in [1.807, 2.05) is 30.5 Å². The number of para-hydroxylation sites is 1. The van der Waals surface area contributed by atoms with Gasteiger partial charge in [0.15, 0.2) is 5.60 Å². The van der Waals surface area contributed by atoms with E-state index in [2.05, 4.69) is 10.6 Å². The minimum absolute atomic E-state index is 0.172. The number of halogens is 2. The zero-order valence-corrected chi connectivity index (χ0v) is 17.0. The van der Waals surface area contributed by atoms with Gasteiger partial charge in [-0.25, -0.2) is 0 Å². The number of likely N-dealkylation sites (tertiary alicyclic amines) is 1. The highest BCUT2D eigenvalue weighted by Gasteiger charge is 2.44. The Morgan fingerprint density at radius 2 is 1.86 bits per heavy atom.